The van der Waals surface area contributed by atoms with Crippen molar-refractivity contribution in [2.45, 2.75) is 58.8 Å². The molecule has 1 aromatic rings. The Balaban J connectivity index is 0.000000491. The molecule has 6 nitrogen and oxygen atoms in total. The fourth-order valence-electron chi connectivity index (χ4n) is 3.96. The van der Waals surface area contributed by atoms with Gasteiger partial charge >= 0.3 is 0 Å². The first-order valence-corrected chi connectivity index (χ1v) is 10.8. The number of hydrogen-bond acceptors (Lipinski definition) is 4. The van der Waals surface area contributed by atoms with Crippen LogP contribution >= 0.6 is 0 Å². The van der Waals surface area contributed by atoms with Crippen LogP contribution in [0.25, 0.3) is 0 Å². The van der Waals surface area contributed by atoms with Crippen LogP contribution in [0.15, 0.2) is 23.3 Å². The molecule has 164 valence electrons. The Labute approximate surface area is 182 Å². The van der Waals surface area contributed by atoms with Gasteiger partial charge in [0.1, 0.15) is 5.75 Å². The molecule has 0 bridgehead atoms. The summed E-state index contributed by atoms with van der Waals surface area (Å²) < 4.78 is 19.9. The average molecular weight is 426 g/mol. The van der Waals surface area contributed by atoms with Crippen molar-refractivity contribution < 1.29 is 23.5 Å². The lowest BCUT2D eigenvalue weighted by molar-refractivity contribution is -0.121. The molecular formula is C24H27FN2O4. The van der Waals surface area contributed by atoms with Gasteiger partial charge in [0.2, 0.25) is 0 Å². The van der Waals surface area contributed by atoms with Crippen LogP contribution in [0.2, 0.25) is 0 Å². The standard InChI is InChI=1S/C19H15FN2O4.C5H12/c1-2-7-21-15-9-14(13(20)8-16(15)26-10-17(21)23)22-18(24)11-5-3-4-6-12(11)19(22)25;1-3-5-4-2/h1,8-9H,3-7,10H2;3-5H2,1-2H3. The lowest BCUT2D eigenvalue weighted by atomic mass is 9.93. The summed E-state index contributed by atoms with van der Waals surface area (Å²) in [5.74, 6) is 0.406. The number of nitrogens with zero attached hydrogens (tertiary/aromatic N) is 2. The van der Waals surface area contributed by atoms with Crippen LogP contribution in [0.4, 0.5) is 15.8 Å². The second-order valence-electron chi connectivity index (χ2n) is 7.71. The van der Waals surface area contributed by atoms with E-state index in [2.05, 4.69) is 19.8 Å². The maximum Gasteiger partial charge on any atom is 0.265 e. The number of anilines is 2. The molecule has 2 aliphatic heterocycles. The molecule has 3 amide bonds. The van der Waals surface area contributed by atoms with Gasteiger partial charge < -0.3 is 4.74 Å². The zero-order valence-corrected chi connectivity index (χ0v) is 18.0. The number of amides is 3. The predicted octanol–water partition coefficient (Wildman–Crippen LogP) is 4.12. The molecule has 0 N–H and O–H groups in total. The molecule has 0 unspecified atom stereocenters. The first kappa shape index (κ1) is 22.5. The number of carbonyl (C=O) groups is 3. The lowest BCUT2D eigenvalue weighted by Crippen LogP contribution is -2.39. The maximum atomic E-state index is 14.7. The van der Waals surface area contributed by atoms with Crippen molar-refractivity contribution in [1.29, 1.82) is 0 Å². The quantitative estimate of drug-likeness (QED) is 0.537. The Morgan fingerprint density at radius 3 is 2.16 bits per heavy atom. The van der Waals surface area contributed by atoms with Crippen molar-refractivity contribution in [1.82, 2.24) is 0 Å². The van der Waals surface area contributed by atoms with Gasteiger partial charge in [-0.25, -0.2) is 9.29 Å². The summed E-state index contributed by atoms with van der Waals surface area (Å²) in [6, 6.07) is 2.37. The van der Waals surface area contributed by atoms with E-state index >= 15 is 0 Å². The molecule has 4 rings (SSSR count). The smallest absolute Gasteiger partial charge is 0.265 e. The average Bonchev–Trinajstić information content (AvgIpc) is 3.02. The van der Waals surface area contributed by atoms with Crippen LogP contribution in [-0.4, -0.2) is 30.9 Å². The van der Waals surface area contributed by atoms with Gasteiger partial charge in [-0.3, -0.25) is 19.3 Å². The molecule has 0 spiro atoms. The van der Waals surface area contributed by atoms with Crippen LogP contribution in [0.5, 0.6) is 5.75 Å². The zero-order valence-electron chi connectivity index (χ0n) is 18.0. The number of unbranched alkanes of at least 4 members (excludes halogenated alkanes) is 2. The number of carbonyl (C=O) groups excluding carboxylic acids is 3. The highest BCUT2D eigenvalue weighted by Gasteiger charge is 2.41. The second-order valence-corrected chi connectivity index (χ2v) is 7.71. The molecule has 3 aliphatic rings. The van der Waals surface area contributed by atoms with Gasteiger partial charge in [-0.1, -0.05) is 39.0 Å². The normalized spacial score (nSPS) is 17.5. The summed E-state index contributed by atoms with van der Waals surface area (Å²) in [6.07, 6.45) is 12.1. The molecule has 0 saturated heterocycles. The summed E-state index contributed by atoms with van der Waals surface area (Å²) in [5, 5.41) is 0. The Kier molecular flexibility index (Phi) is 7.11. The van der Waals surface area contributed by atoms with Crippen molar-refractivity contribution in [3.8, 4) is 18.1 Å². The minimum Gasteiger partial charge on any atom is -0.481 e. The Morgan fingerprint density at radius 2 is 1.65 bits per heavy atom. The van der Waals surface area contributed by atoms with Gasteiger partial charge in [0.25, 0.3) is 17.7 Å². The summed E-state index contributed by atoms with van der Waals surface area (Å²) in [5.41, 5.74) is 0.992. The minimum absolute atomic E-state index is 0.0170. The van der Waals surface area contributed by atoms with E-state index in [9.17, 15) is 18.8 Å². The van der Waals surface area contributed by atoms with Crippen LogP contribution in [-0.2, 0) is 14.4 Å². The molecule has 1 aliphatic carbocycles. The van der Waals surface area contributed by atoms with E-state index in [1.54, 1.807) is 0 Å². The molecule has 0 aromatic heterocycles. The molecule has 1 aromatic carbocycles. The lowest BCUT2D eigenvalue weighted by Gasteiger charge is -2.29. The van der Waals surface area contributed by atoms with Crippen molar-refractivity contribution in [3.05, 3.63) is 29.1 Å². The van der Waals surface area contributed by atoms with Gasteiger partial charge in [0.05, 0.1) is 17.9 Å². The van der Waals surface area contributed by atoms with Crippen molar-refractivity contribution in [2.24, 2.45) is 0 Å². The Morgan fingerprint density at radius 1 is 1.03 bits per heavy atom. The van der Waals surface area contributed by atoms with E-state index in [0.29, 0.717) is 24.0 Å². The van der Waals surface area contributed by atoms with E-state index in [-0.39, 0.29) is 36.2 Å². The van der Waals surface area contributed by atoms with Gasteiger partial charge in [0.15, 0.2) is 12.4 Å². The molecule has 0 fully saturated rings. The zero-order chi connectivity index (χ0) is 22.5. The van der Waals surface area contributed by atoms with Crippen molar-refractivity contribution >= 4 is 29.1 Å². The van der Waals surface area contributed by atoms with Crippen molar-refractivity contribution in [3.63, 3.8) is 0 Å². The monoisotopic (exact) mass is 426 g/mol. The highest BCUT2D eigenvalue weighted by Crippen LogP contribution is 2.41. The van der Waals surface area contributed by atoms with E-state index in [4.69, 9.17) is 11.2 Å². The second kappa shape index (κ2) is 9.78. The summed E-state index contributed by atoms with van der Waals surface area (Å²) >= 11 is 0. The highest BCUT2D eigenvalue weighted by molar-refractivity contribution is 6.33. The number of rotatable bonds is 4. The molecule has 0 radical (unpaired) electrons. The molecule has 7 heteroatoms. The maximum absolute atomic E-state index is 14.7. The van der Waals surface area contributed by atoms with Crippen LogP contribution in [0, 0.1) is 18.2 Å². The van der Waals surface area contributed by atoms with Crippen LogP contribution in [0.3, 0.4) is 0 Å². The molecule has 2 heterocycles. The summed E-state index contributed by atoms with van der Waals surface area (Å²) in [4.78, 5) is 39.5. The first-order chi connectivity index (χ1) is 14.9. The van der Waals surface area contributed by atoms with E-state index in [1.165, 1.54) is 30.2 Å². The molecule has 31 heavy (non-hydrogen) atoms. The predicted molar refractivity (Wildman–Crippen MR) is 116 cm³/mol. The first-order valence-electron chi connectivity index (χ1n) is 10.8. The third kappa shape index (κ3) is 4.34. The molecular weight excluding hydrogens is 399 g/mol. The Hall–Kier alpha value is -3.14. The van der Waals surface area contributed by atoms with Gasteiger partial charge in [0, 0.05) is 17.2 Å². The number of halogens is 1. The van der Waals surface area contributed by atoms with Crippen LogP contribution in [0.1, 0.15) is 58.8 Å². The van der Waals surface area contributed by atoms with Gasteiger partial charge in [-0.15, -0.1) is 6.42 Å². The number of hydrogen-bond donors (Lipinski definition) is 0. The summed E-state index contributed by atoms with van der Waals surface area (Å²) in [6.45, 7) is 4.16. The topological polar surface area (TPSA) is 66.9 Å². The van der Waals surface area contributed by atoms with E-state index < -0.39 is 17.6 Å². The third-order valence-corrected chi connectivity index (χ3v) is 5.56. The van der Waals surface area contributed by atoms with Gasteiger partial charge in [-0.05, 0) is 31.7 Å². The minimum atomic E-state index is -0.764. The fourth-order valence-corrected chi connectivity index (χ4v) is 3.96. The number of ether oxygens (including phenoxy) is 1. The Bertz CT molecular complexity index is 947. The number of benzene rings is 1. The molecule has 0 saturated carbocycles. The highest BCUT2D eigenvalue weighted by atomic mass is 19.1. The molecule has 0 atom stereocenters. The summed E-state index contributed by atoms with van der Waals surface area (Å²) in [7, 11) is 0. The largest absolute Gasteiger partial charge is 0.481 e. The van der Waals surface area contributed by atoms with Crippen molar-refractivity contribution in [2.75, 3.05) is 23.0 Å². The number of fused-ring (bicyclic) bond motifs is 1. The number of imide groups is 1. The van der Waals surface area contributed by atoms with Gasteiger partial charge in [-0.2, -0.15) is 0 Å². The fraction of sp³-hybridized carbons (Fsp3) is 0.458. The van der Waals surface area contributed by atoms with E-state index in [0.717, 1.165) is 23.8 Å². The third-order valence-electron chi connectivity index (χ3n) is 5.56. The number of terminal acetylenes is 1. The SMILES string of the molecule is C#CCN1C(=O)COc2cc(F)c(N3C(=O)C4=C(CCCC4)C3=O)cc21.CCCCC. The van der Waals surface area contributed by atoms with E-state index in [1.807, 2.05) is 0 Å². The van der Waals surface area contributed by atoms with Crippen LogP contribution < -0.4 is 14.5 Å².